The maximum atomic E-state index is 14.2. The molecule has 1 amide bonds. The van der Waals surface area contributed by atoms with Crippen LogP contribution in [0, 0.1) is 5.82 Å². The van der Waals surface area contributed by atoms with E-state index in [2.05, 4.69) is 5.32 Å². The van der Waals surface area contributed by atoms with E-state index in [1.807, 2.05) is 12.1 Å². The van der Waals surface area contributed by atoms with Crippen LogP contribution in [0.25, 0.3) is 6.08 Å². The molecule has 0 unspecified atom stereocenters. The predicted octanol–water partition coefficient (Wildman–Crippen LogP) is 2.51. The summed E-state index contributed by atoms with van der Waals surface area (Å²) in [5, 5.41) is 2.55. The lowest BCUT2D eigenvalue weighted by Crippen LogP contribution is -2.40. The van der Waals surface area contributed by atoms with Gasteiger partial charge in [-0.1, -0.05) is 18.2 Å². The van der Waals surface area contributed by atoms with Crippen LogP contribution < -0.4 is 10.1 Å². The predicted molar refractivity (Wildman–Crippen MR) is 107 cm³/mol. The number of para-hydroxylation sites is 1. The number of benzene rings is 2. The van der Waals surface area contributed by atoms with Gasteiger partial charge in [0.25, 0.3) is 0 Å². The quantitative estimate of drug-likeness (QED) is 0.726. The second-order valence-electron chi connectivity index (χ2n) is 6.23. The molecule has 29 heavy (non-hydrogen) atoms. The molecule has 1 aliphatic heterocycles. The van der Waals surface area contributed by atoms with Gasteiger partial charge in [0.05, 0.1) is 20.3 Å². The average molecular weight is 420 g/mol. The third-order valence-electron chi connectivity index (χ3n) is 4.34. The van der Waals surface area contributed by atoms with E-state index in [-0.39, 0.29) is 32.0 Å². The van der Waals surface area contributed by atoms with Crippen LogP contribution in [0.5, 0.6) is 5.75 Å². The van der Waals surface area contributed by atoms with Gasteiger partial charge in [-0.05, 0) is 30.3 Å². The molecule has 0 saturated carbocycles. The average Bonchev–Trinajstić information content (AvgIpc) is 2.74. The van der Waals surface area contributed by atoms with Gasteiger partial charge >= 0.3 is 0 Å². The van der Waals surface area contributed by atoms with Crippen LogP contribution >= 0.6 is 0 Å². The summed E-state index contributed by atoms with van der Waals surface area (Å²) in [6, 6.07) is 10.6. The monoisotopic (exact) mass is 420 g/mol. The number of halogens is 1. The molecule has 0 atom stereocenters. The fraction of sp³-hybridized carbons (Fsp3) is 0.250. The number of ether oxygens (including phenoxy) is 2. The number of nitrogens with one attached hydrogen (secondary N) is 1. The SMILES string of the molecule is COc1ccccc1/C=C/C(=O)Nc1ccc(F)c(S(=O)(=O)N2CCOCC2)c1. The molecule has 0 radical (unpaired) electrons. The number of methoxy groups -OCH3 is 1. The number of morpholine rings is 1. The molecule has 2 aromatic carbocycles. The highest BCUT2D eigenvalue weighted by Gasteiger charge is 2.29. The summed E-state index contributed by atoms with van der Waals surface area (Å²) in [4.78, 5) is 11.7. The molecule has 1 aliphatic rings. The Kier molecular flexibility index (Phi) is 6.63. The van der Waals surface area contributed by atoms with Crippen LogP contribution in [0.1, 0.15) is 5.56 Å². The number of amides is 1. The first-order valence-corrected chi connectivity index (χ1v) is 10.4. The van der Waals surface area contributed by atoms with Crippen molar-refractivity contribution < 1.29 is 27.1 Å². The summed E-state index contributed by atoms with van der Waals surface area (Å²) in [5.41, 5.74) is 0.882. The van der Waals surface area contributed by atoms with E-state index < -0.39 is 26.6 Å². The fourth-order valence-corrected chi connectivity index (χ4v) is 4.36. The highest BCUT2D eigenvalue weighted by molar-refractivity contribution is 7.89. The highest BCUT2D eigenvalue weighted by atomic mass is 32.2. The zero-order valence-electron chi connectivity index (χ0n) is 15.8. The molecule has 0 bridgehead atoms. The van der Waals surface area contributed by atoms with Crippen LogP contribution in [0.3, 0.4) is 0 Å². The first-order chi connectivity index (χ1) is 13.9. The molecule has 9 heteroatoms. The molecule has 1 fully saturated rings. The van der Waals surface area contributed by atoms with Gasteiger partial charge in [0.2, 0.25) is 15.9 Å². The van der Waals surface area contributed by atoms with Crippen molar-refractivity contribution in [3.63, 3.8) is 0 Å². The zero-order valence-corrected chi connectivity index (χ0v) is 16.6. The van der Waals surface area contributed by atoms with Crippen molar-refractivity contribution in [3.8, 4) is 5.75 Å². The van der Waals surface area contributed by atoms with E-state index in [1.54, 1.807) is 18.2 Å². The second kappa shape index (κ2) is 9.17. The summed E-state index contributed by atoms with van der Waals surface area (Å²) < 4.78 is 51.2. The van der Waals surface area contributed by atoms with Crippen molar-refractivity contribution in [2.45, 2.75) is 4.90 Å². The first kappa shape index (κ1) is 21.0. The van der Waals surface area contributed by atoms with E-state index in [4.69, 9.17) is 9.47 Å². The molecule has 2 aromatic rings. The lowest BCUT2D eigenvalue weighted by atomic mass is 10.2. The van der Waals surface area contributed by atoms with Crippen LogP contribution in [0.4, 0.5) is 10.1 Å². The first-order valence-electron chi connectivity index (χ1n) is 8.91. The van der Waals surface area contributed by atoms with E-state index in [9.17, 15) is 17.6 Å². The normalized spacial score (nSPS) is 15.4. The number of carbonyl (C=O) groups excluding carboxylic acids is 1. The van der Waals surface area contributed by atoms with E-state index in [1.165, 1.54) is 23.6 Å². The maximum absolute atomic E-state index is 14.2. The summed E-state index contributed by atoms with van der Waals surface area (Å²) in [7, 11) is -2.49. The standard InChI is InChI=1S/C20H21FN2O5S/c1-27-18-5-3-2-4-15(18)6-9-20(24)22-16-7-8-17(21)19(14-16)29(25,26)23-10-12-28-13-11-23/h2-9,14H,10-13H2,1H3,(H,22,24)/b9-6+. The molecule has 1 heterocycles. The molecule has 154 valence electrons. The minimum absolute atomic E-state index is 0.153. The molecular weight excluding hydrogens is 399 g/mol. The van der Waals surface area contributed by atoms with Gasteiger partial charge in [0.1, 0.15) is 16.5 Å². The number of sulfonamides is 1. The highest BCUT2D eigenvalue weighted by Crippen LogP contribution is 2.24. The summed E-state index contributed by atoms with van der Waals surface area (Å²) in [6.45, 7) is 0.816. The number of nitrogens with zero attached hydrogens (tertiary/aromatic N) is 1. The van der Waals surface area contributed by atoms with Crippen molar-refractivity contribution in [1.82, 2.24) is 4.31 Å². The van der Waals surface area contributed by atoms with Crippen molar-refractivity contribution in [1.29, 1.82) is 0 Å². The number of anilines is 1. The van der Waals surface area contributed by atoms with Crippen molar-refractivity contribution in [3.05, 3.63) is 59.9 Å². The Morgan fingerprint density at radius 3 is 2.66 bits per heavy atom. The van der Waals surface area contributed by atoms with Gasteiger partial charge in [-0.3, -0.25) is 4.79 Å². The number of hydrogen-bond acceptors (Lipinski definition) is 5. The van der Waals surface area contributed by atoms with E-state index in [0.29, 0.717) is 11.3 Å². The molecule has 0 spiro atoms. The van der Waals surface area contributed by atoms with Crippen LogP contribution in [0.2, 0.25) is 0 Å². The van der Waals surface area contributed by atoms with Crippen molar-refractivity contribution in [2.24, 2.45) is 0 Å². The summed E-state index contributed by atoms with van der Waals surface area (Å²) >= 11 is 0. The lowest BCUT2D eigenvalue weighted by molar-refractivity contribution is -0.111. The van der Waals surface area contributed by atoms with E-state index >= 15 is 0 Å². The van der Waals surface area contributed by atoms with E-state index in [0.717, 1.165) is 12.1 Å². The van der Waals surface area contributed by atoms with Gasteiger partial charge < -0.3 is 14.8 Å². The largest absolute Gasteiger partial charge is 0.496 e. The Balaban J connectivity index is 1.77. The lowest BCUT2D eigenvalue weighted by Gasteiger charge is -2.26. The van der Waals surface area contributed by atoms with Gasteiger partial charge in [-0.15, -0.1) is 0 Å². The minimum atomic E-state index is -4.02. The number of carbonyl (C=O) groups is 1. The van der Waals surface area contributed by atoms with Crippen molar-refractivity contribution >= 4 is 27.7 Å². The topological polar surface area (TPSA) is 84.9 Å². The Morgan fingerprint density at radius 2 is 1.93 bits per heavy atom. The van der Waals surface area contributed by atoms with Crippen LogP contribution in [-0.2, 0) is 19.6 Å². The molecule has 0 aliphatic carbocycles. The second-order valence-corrected chi connectivity index (χ2v) is 8.13. The summed E-state index contributed by atoms with van der Waals surface area (Å²) in [5.74, 6) is -0.756. The van der Waals surface area contributed by atoms with Gasteiger partial charge in [0, 0.05) is 30.4 Å². The van der Waals surface area contributed by atoms with Crippen LogP contribution in [-0.4, -0.2) is 52.0 Å². The molecule has 7 nitrogen and oxygen atoms in total. The molecule has 1 N–H and O–H groups in total. The Hall–Kier alpha value is -2.75. The Bertz CT molecular complexity index is 1020. The smallest absolute Gasteiger partial charge is 0.248 e. The molecule has 0 aromatic heterocycles. The van der Waals surface area contributed by atoms with Crippen LogP contribution in [0.15, 0.2) is 53.4 Å². The number of hydrogen-bond donors (Lipinski definition) is 1. The summed E-state index contributed by atoms with van der Waals surface area (Å²) in [6.07, 6.45) is 2.86. The van der Waals surface area contributed by atoms with Gasteiger partial charge in [0.15, 0.2) is 0 Å². The molecule has 3 rings (SSSR count). The molecular formula is C20H21FN2O5S. The Morgan fingerprint density at radius 1 is 1.21 bits per heavy atom. The number of rotatable bonds is 6. The third-order valence-corrected chi connectivity index (χ3v) is 6.25. The minimum Gasteiger partial charge on any atom is -0.496 e. The maximum Gasteiger partial charge on any atom is 0.248 e. The molecule has 1 saturated heterocycles. The van der Waals surface area contributed by atoms with Gasteiger partial charge in [-0.2, -0.15) is 4.31 Å². The van der Waals surface area contributed by atoms with Crippen molar-refractivity contribution in [2.75, 3.05) is 38.7 Å². The Labute approximate surface area is 168 Å². The van der Waals surface area contributed by atoms with Gasteiger partial charge in [-0.25, -0.2) is 12.8 Å². The fourth-order valence-electron chi connectivity index (χ4n) is 2.86. The zero-order chi connectivity index (χ0) is 20.9. The third kappa shape index (κ3) is 5.00.